The second-order valence-electron chi connectivity index (χ2n) is 6.71. The van der Waals surface area contributed by atoms with Crippen LogP contribution in [0.1, 0.15) is 24.8 Å². The quantitative estimate of drug-likeness (QED) is 0.896. The van der Waals surface area contributed by atoms with Gasteiger partial charge in [0.05, 0.1) is 11.5 Å². The second kappa shape index (κ2) is 7.11. The zero-order chi connectivity index (χ0) is 15.4. The zero-order valence-electron chi connectivity index (χ0n) is 13.1. The maximum absolute atomic E-state index is 11.5. The number of nitrogens with one attached hydrogen (secondary N) is 1. The Hall–Kier alpha value is -0.910. The van der Waals surface area contributed by atoms with Crippen LogP contribution in [0.2, 0.25) is 0 Å². The maximum Gasteiger partial charge on any atom is 0.150 e. The van der Waals surface area contributed by atoms with E-state index in [0.29, 0.717) is 23.5 Å². The van der Waals surface area contributed by atoms with Gasteiger partial charge in [0.2, 0.25) is 0 Å². The minimum Gasteiger partial charge on any atom is -0.314 e. The van der Waals surface area contributed by atoms with Crippen LogP contribution in [0, 0.1) is 5.92 Å². The fourth-order valence-corrected chi connectivity index (χ4v) is 5.37. The molecule has 0 amide bonds. The Kier molecular flexibility index (Phi) is 5.16. The van der Waals surface area contributed by atoms with Crippen molar-refractivity contribution in [1.29, 1.82) is 0 Å². The first-order valence-corrected chi connectivity index (χ1v) is 10.1. The molecule has 0 unspecified atom stereocenters. The van der Waals surface area contributed by atoms with Crippen LogP contribution in [0.25, 0.3) is 0 Å². The highest BCUT2D eigenvalue weighted by Crippen LogP contribution is 2.19. The van der Waals surface area contributed by atoms with Crippen LogP contribution < -0.4 is 5.32 Å². The minimum absolute atomic E-state index is 0.326. The van der Waals surface area contributed by atoms with Crippen molar-refractivity contribution in [2.75, 3.05) is 31.1 Å². The highest BCUT2D eigenvalue weighted by Gasteiger charge is 2.28. The topological polar surface area (TPSA) is 49.4 Å². The van der Waals surface area contributed by atoms with Gasteiger partial charge in [0.25, 0.3) is 0 Å². The van der Waals surface area contributed by atoms with E-state index in [2.05, 4.69) is 40.5 Å². The third-order valence-electron chi connectivity index (χ3n) is 4.86. The molecule has 5 heteroatoms. The molecule has 22 heavy (non-hydrogen) atoms. The summed E-state index contributed by atoms with van der Waals surface area (Å²) in [6.45, 7) is 4.14. The van der Waals surface area contributed by atoms with E-state index in [1.807, 2.05) is 0 Å². The summed E-state index contributed by atoms with van der Waals surface area (Å²) in [6.07, 6.45) is 3.15. The Labute approximate surface area is 133 Å². The lowest BCUT2D eigenvalue weighted by molar-refractivity contribution is 0.188. The van der Waals surface area contributed by atoms with Gasteiger partial charge >= 0.3 is 0 Å². The average molecular weight is 322 g/mol. The molecule has 0 saturated carbocycles. The van der Waals surface area contributed by atoms with E-state index < -0.39 is 9.84 Å². The summed E-state index contributed by atoms with van der Waals surface area (Å²) in [6, 6.07) is 11.2. The van der Waals surface area contributed by atoms with Crippen molar-refractivity contribution in [1.82, 2.24) is 10.2 Å². The van der Waals surface area contributed by atoms with Crippen molar-refractivity contribution < 1.29 is 8.42 Å². The smallest absolute Gasteiger partial charge is 0.150 e. The van der Waals surface area contributed by atoms with Gasteiger partial charge in [-0.05, 0) is 50.4 Å². The molecule has 1 aromatic rings. The van der Waals surface area contributed by atoms with Crippen LogP contribution in [0.3, 0.4) is 0 Å². The van der Waals surface area contributed by atoms with Crippen LogP contribution in [-0.2, 0) is 16.4 Å². The van der Waals surface area contributed by atoms with Gasteiger partial charge in [-0.25, -0.2) is 8.42 Å². The number of benzene rings is 1. The standard InChI is InChI=1S/C17H26N2O2S/c20-22(21)11-8-16(14-22)12-18-17-6-9-19(10-7-17)13-15-4-2-1-3-5-15/h1-5,16-18H,6-14H2/t16-/m1/s1. The van der Waals surface area contributed by atoms with Crippen molar-refractivity contribution in [2.24, 2.45) is 5.92 Å². The number of sulfone groups is 1. The highest BCUT2D eigenvalue weighted by molar-refractivity contribution is 7.91. The SMILES string of the molecule is O=S1(=O)CC[C@H](CNC2CCN(Cc3ccccc3)CC2)C1. The van der Waals surface area contributed by atoms with Crippen LogP contribution >= 0.6 is 0 Å². The van der Waals surface area contributed by atoms with E-state index >= 15 is 0 Å². The number of hydrogen-bond donors (Lipinski definition) is 1. The summed E-state index contributed by atoms with van der Waals surface area (Å²) in [4.78, 5) is 2.51. The first kappa shape index (κ1) is 16.0. The molecular weight excluding hydrogens is 296 g/mol. The molecule has 2 heterocycles. The second-order valence-corrected chi connectivity index (χ2v) is 8.94. The van der Waals surface area contributed by atoms with Gasteiger partial charge in [-0.2, -0.15) is 0 Å². The molecule has 1 N–H and O–H groups in total. The van der Waals surface area contributed by atoms with Gasteiger partial charge in [0, 0.05) is 12.6 Å². The molecule has 0 radical (unpaired) electrons. The van der Waals surface area contributed by atoms with Crippen molar-refractivity contribution in [3.63, 3.8) is 0 Å². The molecule has 4 nitrogen and oxygen atoms in total. The summed E-state index contributed by atoms with van der Waals surface area (Å²) in [5, 5.41) is 3.59. The number of rotatable bonds is 5. The highest BCUT2D eigenvalue weighted by atomic mass is 32.2. The summed E-state index contributed by atoms with van der Waals surface area (Å²) < 4.78 is 22.9. The van der Waals surface area contributed by atoms with E-state index in [1.54, 1.807) is 0 Å². The third kappa shape index (κ3) is 4.54. The fraction of sp³-hybridized carbons (Fsp3) is 0.647. The third-order valence-corrected chi connectivity index (χ3v) is 6.70. The van der Waals surface area contributed by atoms with Crippen molar-refractivity contribution in [3.8, 4) is 0 Å². The first-order chi connectivity index (χ1) is 10.6. The molecule has 1 aromatic carbocycles. The first-order valence-electron chi connectivity index (χ1n) is 8.31. The molecular formula is C17H26N2O2S. The van der Waals surface area contributed by atoms with Crippen molar-refractivity contribution in [3.05, 3.63) is 35.9 Å². The monoisotopic (exact) mass is 322 g/mol. The summed E-state index contributed by atoms with van der Waals surface area (Å²) >= 11 is 0. The minimum atomic E-state index is -2.74. The number of piperidine rings is 1. The predicted molar refractivity (Wildman–Crippen MR) is 89.5 cm³/mol. The summed E-state index contributed by atoms with van der Waals surface area (Å²) in [5.41, 5.74) is 1.38. The van der Waals surface area contributed by atoms with E-state index in [-0.39, 0.29) is 0 Å². The van der Waals surface area contributed by atoms with Crippen LogP contribution in [-0.4, -0.2) is 50.5 Å². The van der Waals surface area contributed by atoms with Gasteiger partial charge in [-0.15, -0.1) is 0 Å². The fourth-order valence-electron chi connectivity index (χ4n) is 3.50. The van der Waals surface area contributed by atoms with Crippen molar-refractivity contribution >= 4 is 9.84 Å². The number of hydrogen-bond acceptors (Lipinski definition) is 4. The Balaban J connectivity index is 1.37. The van der Waals surface area contributed by atoms with Gasteiger partial charge in [-0.3, -0.25) is 4.90 Å². The summed E-state index contributed by atoms with van der Waals surface area (Å²) in [7, 11) is -2.74. The lowest BCUT2D eigenvalue weighted by atomic mass is 10.0. The van der Waals surface area contributed by atoms with E-state index in [4.69, 9.17) is 0 Å². The molecule has 0 spiro atoms. The van der Waals surface area contributed by atoms with E-state index in [9.17, 15) is 8.42 Å². The Morgan fingerprint density at radius 3 is 2.45 bits per heavy atom. The molecule has 0 aromatic heterocycles. The Bertz CT molecular complexity index is 566. The number of likely N-dealkylation sites (tertiary alicyclic amines) is 1. The average Bonchev–Trinajstić information content (AvgIpc) is 2.87. The molecule has 1 atom stereocenters. The molecule has 122 valence electrons. The van der Waals surface area contributed by atoms with Gasteiger partial charge in [-0.1, -0.05) is 30.3 Å². The predicted octanol–water partition coefficient (Wildman–Crippen LogP) is 1.68. The maximum atomic E-state index is 11.5. The Morgan fingerprint density at radius 1 is 1.09 bits per heavy atom. The van der Waals surface area contributed by atoms with Gasteiger partial charge < -0.3 is 5.32 Å². The molecule has 2 fully saturated rings. The lowest BCUT2D eigenvalue weighted by Crippen LogP contribution is -2.43. The molecule has 2 saturated heterocycles. The van der Waals surface area contributed by atoms with Crippen LogP contribution in [0.5, 0.6) is 0 Å². The number of nitrogens with zero attached hydrogens (tertiary/aromatic N) is 1. The largest absolute Gasteiger partial charge is 0.314 e. The molecule has 0 bridgehead atoms. The van der Waals surface area contributed by atoms with Gasteiger partial charge in [0.15, 0.2) is 9.84 Å². The zero-order valence-corrected chi connectivity index (χ0v) is 13.9. The van der Waals surface area contributed by atoms with Crippen LogP contribution in [0.15, 0.2) is 30.3 Å². The normalized spacial score (nSPS) is 26.3. The summed E-state index contributed by atoms with van der Waals surface area (Å²) in [5.74, 6) is 1.09. The molecule has 0 aliphatic carbocycles. The van der Waals surface area contributed by atoms with E-state index in [1.165, 1.54) is 5.56 Å². The molecule has 2 aliphatic heterocycles. The van der Waals surface area contributed by atoms with Crippen LogP contribution in [0.4, 0.5) is 0 Å². The van der Waals surface area contributed by atoms with E-state index in [0.717, 1.165) is 45.4 Å². The lowest BCUT2D eigenvalue weighted by Gasteiger charge is -2.33. The molecule has 2 aliphatic rings. The Morgan fingerprint density at radius 2 is 1.82 bits per heavy atom. The van der Waals surface area contributed by atoms with Crippen molar-refractivity contribution in [2.45, 2.75) is 31.8 Å². The van der Waals surface area contributed by atoms with Gasteiger partial charge in [0.1, 0.15) is 0 Å². The molecule has 3 rings (SSSR count).